The van der Waals surface area contributed by atoms with E-state index in [9.17, 15) is 9.50 Å². The Morgan fingerprint density at radius 3 is 2.27 bits per heavy atom. The Kier molecular flexibility index (Phi) is 6.52. The van der Waals surface area contributed by atoms with Crippen molar-refractivity contribution in [3.63, 3.8) is 0 Å². The zero-order chi connectivity index (χ0) is 15.8. The number of aliphatic hydroxyl groups is 2. The molecule has 0 saturated heterocycles. The molecule has 2 unspecified atom stereocenters. The van der Waals surface area contributed by atoms with Gasteiger partial charge in [0.2, 0.25) is 0 Å². The van der Waals surface area contributed by atoms with Crippen molar-refractivity contribution in [3.8, 4) is 0 Å². The van der Waals surface area contributed by atoms with Crippen molar-refractivity contribution >= 4 is 0 Å². The third-order valence-electron chi connectivity index (χ3n) is 3.67. The summed E-state index contributed by atoms with van der Waals surface area (Å²) in [6.45, 7) is 0.516. The summed E-state index contributed by atoms with van der Waals surface area (Å²) in [6, 6.07) is 15.9. The van der Waals surface area contributed by atoms with Crippen LogP contribution < -0.4 is 5.32 Å². The molecule has 0 aromatic heterocycles. The Bertz CT molecular complexity index is 545. The van der Waals surface area contributed by atoms with Crippen LogP contribution in [0.25, 0.3) is 0 Å². The van der Waals surface area contributed by atoms with E-state index in [2.05, 4.69) is 5.32 Å². The number of halogens is 1. The number of benzene rings is 2. The molecule has 4 heteroatoms. The lowest BCUT2D eigenvalue weighted by Gasteiger charge is -2.21. The minimum atomic E-state index is -0.694. The van der Waals surface area contributed by atoms with E-state index in [1.807, 2.05) is 30.3 Å². The van der Waals surface area contributed by atoms with Gasteiger partial charge in [-0.05, 0) is 36.1 Å². The Hall–Kier alpha value is -1.75. The second kappa shape index (κ2) is 8.63. The van der Waals surface area contributed by atoms with E-state index < -0.39 is 6.10 Å². The molecule has 2 rings (SSSR count). The molecule has 0 saturated carbocycles. The third-order valence-corrected chi connectivity index (χ3v) is 3.67. The third kappa shape index (κ3) is 4.91. The summed E-state index contributed by atoms with van der Waals surface area (Å²) in [5, 5.41) is 22.6. The fourth-order valence-corrected chi connectivity index (χ4v) is 2.42. The molecule has 0 aliphatic carbocycles. The molecule has 118 valence electrons. The minimum Gasteiger partial charge on any atom is -0.396 e. The van der Waals surface area contributed by atoms with Crippen molar-refractivity contribution in [1.29, 1.82) is 0 Å². The lowest BCUT2D eigenvalue weighted by Crippen LogP contribution is -2.26. The predicted octanol–water partition coefficient (Wildman–Crippen LogP) is 2.96. The largest absolute Gasteiger partial charge is 0.396 e. The summed E-state index contributed by atoms with van der Waals surface area (Å²) in [4.78, 5) is 0. The highest BCUT2D eigenvalue weighted by molar-refractivity contribution is 5.20. The summed E-state index contributed by atoms with van der Waals surface area (Å²) in [5.41, 5.74) is 1.81. The molecule has 0 aliphatic rings. The maximum atomic E-state index is 12.9. The van der Waals surface area contributed by atoms with Gasteiger partial charge in [0, 0.05) is 19.2 Å². The quantitative estimate of drug-likeness (QED) is 0.703. The standard InChI is InChI=1S/C18H22FNO2/c19-16-10-8-15(9-11-16)18(22)13-20-17(7-4-12-21)14-5-2-1-3-6-14/h1-3,5-6,8-11,17-18,20-22H,4,7,12-13H2. The van der Waals surface area contributed by atoms with Crippen molar-refractivity contribution in [1.82, 2.24) is 5.32 Å². The first-order valence-corrected chi connectivity index (χ1v) is 7.53. The minimum absolute atomic E-state index is 0.0726. The Labute approximate surface area is 130 Å². The van der Waals surface area contributed by atoms with Gasteiger partial charge in [-0.1, -0.05) is 42.5 Å². The maximum Gasteiger partial charge on any atom is 0.123 e. The molecule has 2 aromatic rings. The van der Waals surface area contributed by atoms with E-state index in [1.54, 1.807) is 12.1 Å². The number of nitrogens with one attached hydrogen (secondary N) is 1. The first kappa shape index (κ1) is 16.6. The fraction of sp³-hybridized carbons (Fsp3) is 0.333. The predicted molar refractivity (Wildman–Crippen MR) is 84.9 cm³/mol. The molecule has 2 atom stereocenters. The van der Waals surface area contributed by atoms with E-state index in [0.717, 1.165) is 12.0 Å². The number of aliphatic hydroxyl groups excluding tert-OH is 2. The Morgan fingerprint density at radius 2 is 1.64 bits per heavy atom. The van der Waals surface area contributed by atoms with E-state index in [4.69, 9.17) is 5.11 Å². The van der Waals surface area contributed by atoms with Crippen LogP contribution in [0.1, 0.15) is 36.1 Å². The number of hydrogen-bond acceptors (Lipinski definition) is 3. The Morgan fingerprint density at radius 1 is 0.955 bits per heavy atom. The van der Waals surface area contributed by atoms with Gasteiger partial charge >= 0.3 is 0 Å². The molecule has 0 fully saturated rings. The highest BCUT2D eigenvalue weighted by Crippen LogP contribution is 2.20. The topological polar surface area (TPSA) is 52.5 Å². The van der Waals surface area contributed by atoms with Crippen LogP contribution in [0.5, 0.6) is 0 Å². The summed E-state index contributed by atoms with van der Waals surface area (Å²) in [7, 11) is 0. The van der Waals surface area contributed by atoms with Crippen LogP contribution in [0, 0.1) is 5.82 Å². The summed E-state index contributed by atoms with van der Waals surface area (Å²) in [5.74, 6) is -0.311. The molecule has 0 amide bonds. The first-order chi connectivity index (χ1) is 10.7. The van der Waals surface area contributed by atoms with Crippen molar-refractivity contribution in [2.75, 3.05) is 13.2 Å². The molecule has 3 nitrogen and oxygen atoms in total. The fourth-order valence-electron chi connectivity index (χ4n) is 2.42. The van der Waals surface area contributed by atoms with Gasteiger partial charge in [0.25, 0.3) is 0 Å². The highest BCUT2D eigenvalue weighted by atomic mass is 19.1. The van der Waals surface area contributed by atoms with Crippen molar-refractivity contribution < 1.29 is 14.6 Å². The Balaban J connectivity index is 1.97. The molecule has 0 spiro atoms. The van der Waals surface area contributed by atoms with Gasteiger partial charge in [-0.3, -0.25) is 0 Å². The van der Waals surface area contributed by atoms with Crippen molar-refractivity contribution in [3.05, 3.63) is 71.5 Å². The number of rotatable bonds is 8. The van der Waals surface area contributed by atoms with Gasteiger partial charge in [-0.25, -0.2) is 4.39 Å². The smallest absolute Gasteiger partial charge is 0.123 e. The molecular weight excluding hydrogens is 281 g/mol. The van der Waals surface area contributed by atoms with Gasteiger partial charge in [0.1, 0.15) is 5.82 Å². The summed E-state index contributed by atoms with van der Waals surface area (Å²) < 4.78 is 12.9. The van der Waals surface area contributed by atoms with Crippen LogP contribution >= 0.6 is 0 Å². The van der Waals surface area contributed by atoms with E-state index >= 15 is 0 Å². The maximum absolute atomic E-state index is 12.9. The van der Waals surface area contributed by atoms with E-state index in [-0.39, 0.29) is 18.5 Å². The van der Waals surface area contributed by atoms with Crippen LogP contribution in [-0.4, -0.2) is 23.4 Å². The molecule has 0 bridgehead atoms. The zero-order valence-corrected chi connectivity index (χ0v) is 12.5. The molecule has 0 heterocycles. The van der Waals surface area contributed by atoms with Crippen LogP contribution in [0.4, 0.5) is 4.39 Å². The van der Waals surface area contributed by atoms with Crippen molar-refractivity contribution in [2.24, 2.45) is 0 Å². The van der Waals surface area contributed by atoms with E-state index in [0.29, 0.717) is 18.5 Å². The van der Waals surface area contributed by atoms with Gasteiger partial charge in [0.05, 0.1) is 6.10 Å². The normalized spacial score (nSPS) is 13.8. The lowest BCUT2D eigenvalue weighted by atomic mass is 10.0. The summed E-state index contributed by atoms with van der Waals surface area (Å²) in [6.07, 6.45) is 0.788. The monoisotopic (exact) mass is 303 g/mol. The zero-order valence-electron chi connectivity index (χ0n) is 12.5. The lowest BCUT2D eigenvalue weighted by molar-refractivity contribution is 0.167. The second-order valence-electron chi connectivity index (χ2n) is 5.30. The highest BCUT2D eigenvalue weighted by Gasteiger charge is 2.14. The van der Waals surface area contributed by atoms with Crippen LogP contribution in [0.15, 0.2) is 54.6 Å². The molecule has 3 N–H and O–H groups in total. The van der Waals surface area contributed by atoms with Crippen LogP contribution in [0.3, 0.4) is 0 Å². The average Bonchev–Trinajstić information content (AvgIpc) is 2.56. The molecule has 0 radical (unpaired) electrons. The second-order valence-corrected chi connectivity index (χ2v) is 5.30. The van der Waals surface area contributed by atoms with Gasteiger partial charge in [0.15, 0.2) is 0 Å². The van der Waals surface area contributed by atoms with Gasteiger partial charge in [-0.15, -0.1) is 0 Å². The molecular formula is C18H22FNO2. The van der Waals surface area contributed by atoms with Crippen LogP contribution in [-0.2, 0) is 0 Å². The molecule has 0 aliphatic heterocycles. The van der Waals surface area contributed by atoms with Gasteiger partial charge < -0.3 is 15.5 Å². The summed E-state index contributed by atoms with van der Waals surface area (Å²) >= 11 is 0. The first-order valence-electron chi connectivity index (χ1n) is 7.53. The number of hydrogen-bond donors (Lipinski definition) is 3. The van der Waals surface area contributed by atoms with Crippen LogP contribution in [0.2, 0.25) is 0 Å². The van der Waals surface area contributed by atoms with Crippen molar-refractivity contribution in [2.45, 2.75) is 25.0 Å². The van der Waals surface area contributed by atoms with Gasteiger partial charge in [-0.2, -0.15) is 0 Å². The molecule has 22 heavy (non-hydrogen) atoms. The molecule has 2 aromatic carbocycles. The SMILES string of the molecule is OCCCC(NCC(O)c1ccc(F)cc1)c1ccccc1. The van der Waals surface area contributed by atoms with E-state index in [1.165, 1.54) is 12.1 Å². The average molecular weight is 303 g/mol.